The number of ether oxygens (including phenoxy) is 1. The molecule has 2 saturated heterocycles. The van der Waals surface area contributed by atoms with Gasteiger partial charge in [-0.25, -0.2) is 0 Å². The number of hydrogen-bond donors (Lipinski definition) is 2. The van der Waals surface area contributed by atoms with Crippen molar-refractivity contribution in [1.82, 2.24) is 4.90 Å². The summed E-state index contributed by atoms with van der Waals surface area (Å²) in [6.07, 6.45) is 1.22. The van der Waals surface area contributed by atoms with Crippen LogP contribution < -0.4 is 9.80 Å². The van der Waals surface area contributed by atoms with Gasteiger partial charge in [0.25, 0.3) is 5.91 Å². The molecule has 4 heterocycles. The van der Waals surface area contributed by atoms with Gasteiger partial charge in [-0.05, 0) is 73.0 Å². The molecule has 5 atom stereocenters. The zero-order chi connectivity index (χ0) is 34.0. The van der Waals surface area contributed by atoms with Crippen molar-refractivity contribution < 1.29 is 29.0 Å². The van der Waals surface area contributed by atoms with Gasteiger partial charge in [0, 0.05) is 47.2 Å². The van der Waals surface area contributed by atoms with E-state index in [9.17, 15) is 24.3 Å². The number of nitrogens with zero attached hydrogens (tertiary/aromatic N) is 3. The normalized spacial score (nSPS) is 26.8. The van der Waals surface area contributed by atoms with Crippen LogP contribution in [0.4, 0.5) is 11.4 Å². The Bertz CT molecular complexity index is 1760. The number of hydrogen-bond acceptors (Lipinski definition) is 6. The van der Waals surface area contributed by atoms with E-state index < -0.39 is 31.5 Å². The van der Waals surface area contributed by atoms with Crippen molar-refractivity contribution in [3.8, 4) is 0 Å². The fourth-order valence-corrected chi connectivity index (χ4v) is 11.3. The van der Waals surface area contributed by atoms with E-state index in [1.54, 1.807) is 26.8 Å². The zero-order valence-corrected chi connectivity index (χ0v) is 29.3. The highest BCUT2D eigenvalue weighted by atomic mass is 35.5. The Morgan fingerprint density at radius 2 is 1.79 bits per heavy atom. The fourth-order valence-electron chi connectivity index (χ4n) is 8.62. The molecule has 4 aliphatic heterocycles. The summed E-state index contributed by atoms with van der Waals surface area (Å²) in [5, 5.41) is 10.7. The molecule has 4 aliphatic rings. The molecule has 3 amide bonds. The number of rotatable bonds is 7. The molecule has 48 heavy (non-hydrogen) atoms. The van der Waals surface area contributed by atoms with E-state index >= 15 is 0 Å². The van der Waals surface area contributed by atoms with Crippen molar-refractivity contribution in [2.45, 2.75) is 82.1 Å². The monoisotopic (exact) mass is 687 g/mol. The number of fused-ring (bicyclic) bond motifs is 3. The maximum absolute atomic E-state index is 14.8. The minimum Gasteiger partial charge on any atom is -0.432 e. The molecule has 3 aromatic carbocycles. The lowest BCUT2D eigenvalue weighted by atomic mass is 9.82. The summed E-state index contributed by atoms with van der Waals surface area (Å²) in [7, 11) is -3.01. The van der Waals surface area contributed by atoms with Crippen molar-refractivity contribution >= 4 is 49.0 Å². The first-order chi connectivity index (χ1) is 22.9. The van der Waals surface area contributed by atoms with Gasteiger partial charge in [-0.1, -0.05) is 54.9 Å². The number of carbonyl (C=O) groups excluding carboxylic acids is 3. The number of halogens is 1. The van der Waals surface area contributed by atoms with Crippen LogP contribution in [0.3, 0.4) is 0 Å². The number of aliphatic hydroxyl groups excluding tert-OH is 1. The molecule has 0 saturated carbocycles. The van der Waals surface area contributed by atoms with Crippen LogP contribution in [0.2, 0.25) is 23.7 Å². The van der Waals surface area contributed by atoms with E-state index in [2.05, 4.69) is 0 Å². The third-order valence-electron chi connectivity index (χ3n) is 10.9. The van der Waals surface area contributed by atoms with Gasteiger partial charge in [0.15, 0.2) is 13.9 Å². The van der Waals surface area contributed by atoms with Crippen LogP contribution in [0.25, 0.3) is 0 Å². The summed E-state index contributed by atoms with van der Waals surface area (Å²) in [6.45, 7) is 6.82. The SMILES string of the molecule is C[C@@H]1[C@@H]([Si](C)(C)O)[C@H](CC(=O)N2Cc3ccccc3C[C@H]2CO)O[C@@]12C(=O)N(Cc1ccc(N3CCCC3=O)cc1)c1ccc(Cl)cc12. The highest BCUT2D eigenvalue weighted by molar-refractivity contribution is 6.71. The predicted octanol–water partition coefficient (Wildman–Crippen LogP) is 5.15. The Kier molecular flexibility index (Phi) is 8.52. The largest absolute Gasteiger partial charge is 0.432 e. The van der Waals surface area contributed by atoms with E-state index in [4.69, 9.17) is 16.3 Å². The summed E-state index contributed by atoms with van der Waals surface area (Å²) in [5.74, 6) is -0.751. The summed E-state index contributed by atoms with van der Waals surface area (Å²) in [5.41, 5.74) is 3.37. The molecular weight excluding hydrogens is 646 g/mol. The molecule has 11 heteroatoms. The van der Waals surface area contributed by atoms with E-state index in [-0.39, 0.29) is 43.3 Å². The third kappa shape index (κ3) is 5.47. The van der Waals surface area contributed by atoms with E-state index in [0.717, 1.165) is 28.8 Å². The summed E-state index contributed by atoms with van der Waals surface area (Å²) >= 11 is 6.56. The molecule has 2 fully saturated rings. The Labute approximate surface area is 287 Å². The third-order valence-corrected chi connectivity index (χ3v) is 13.6. The molecule has 1 spiro atoms. The Balaban J connectivity index is 1.20. The Morgan fingerprint density at radius 1 is 1.06 bits per heavy atom. The van der Waals surface area contributed by atoms with Gasteiger partial charge in [0.2, 0.25) is 11.8 Å². The fraction of sp³-hybridized carbons (Fsp3) is 0.432. The molecule has 3 aromatic rings. The van der Waals surface area contributed by atoms with Crippen molar-refractivity contribution in [2.75, 3.05) is 23.0 Å². The number of anilines is 2. The van der Waals surface area contributed by atoms with Crippen LogP contribution in [-0.2, 0) is 44.2 Å². The van der Waals surface area contributed by atoms with Gasteiger partial charge in [-0.2, -0.15) is 0 Å². The van der Waals surface area contributed by atoms with Gasteiger partial charge < -0.3 is 29.3 Å². The first-order valence-corrected chi connectivity index (χ1v) is 20.2. The van der Waals surface area contributed by atoms with Crippen molar-refractivity contribution in [2.24, 2.45) is 5.92 Å². The highest BCUT2D eigenvalue weighted by Crippen LogP contribution is 2.60. The van der Waals surface area contributed by atoms with Crippen LogP contribution >= 0.6 is 11.6 Å². The maximum Gasteiger partial charge on any atom is 0.264 e. The van der Waals surface area contributed by atoms with E-state index in [1.807, 2.05) is 74.6 Å². The average molecular weight is 688 g/mol. The van der Waals surface area contributed by atoms with Crippen LogP contribution in [0.15, 0.2) is 66.7 Å². The van der Waals surface area contributed by atoms with E-state index in [0.29, 0.717) is 42.2 Å². The average Bonchev–Trinajstić information content (AvgIpc) is 3.69. The van der Waals surface area contributed by atoms with Gasteiger partial charge in [0.05, 0.1) is 37.4 Å². The minimum atomic E-state index is -3.01. The van der Waals surface area contributed by atoms with Gasteiger partial charge in [-0.15, -0.1) is 0 Å². The van der Waals surface area contributed by atoms with Crippen molar-refractivity contribution in [3.63, 3.8) is 0 Å². The Hall–Kier alpha value is -3.54. The second kappa shape index (κ2) is 12.4. The minimum absolute atomic E-state index is 0.0216. The molecule has 0 aromatic heterocycles. The number of aliphatic hydroxyl groups is 1. The first-order valence-electron chi connectivity index (χ1n) is 16.8. The van der Waals surface area contributed by atoms with E-state index in [1.165, 1.54) is 0 Å². The lowest BCUT2D eigenvalue weighted by Crippen LogP contribution is -2.48. The molecule has 0 radical (unpaired) electrons. The van der Waals surface area contributed by atoms with Gasteiger partial charge >= 0.3 is 0 Å². The van der Waals surface area contributed by atoms with Crippen LogP contribution in [0.1, 0.15) is 48.4 Å². The summed E-state index contributed by atoms with van der Waals surface area (Å²) < 4.78 is 6.89. The topological polar surface area (TPSA) is 111 Å². The quantitative estimate of drug-likeness (QED) is 0.333. The highest BCUT2D eigenvalue weighted by Gasteiger charge is 2.66. The van der Waals surface area contributed by atoms with Crippen molar-refractivity contribution in [3.05, 3.63) is 94.0 Å². The van der Waals surface area contributed by atoms with Crippen LogP contribution in [0.5, 0.6) is 0 Å². The Morgan fingerprint density at radius 3 is 2.46 bits per heavy atom. The smallest absolute Gasteiger partial charge is 0.264 e. The second-order valence-electron chi connectivity index (χ2n) is 14.3. The molecule has 2 N–H and O–H groups in total. The number of amides is 3. The molecule has 9 nitrogen and oxygen atoms in total. The molecular formula is C37H42ClN3O6Si. The molecule has 7 rings (SSSR count). The first kappa shape index (κ1) is 33.0. The summed E-state index contributed by atoms with van der Waals surface area (Å²) in [6, 6.07) is 20.7. The zero-order valence-electron chi connectivity index (χ0n) is 27.6. The van der Waals surface area contributed by atoms with Gasteiger partial charge in [-0.3, -0.25) is 14.4 Å². The second-order valence-corrected chi connectivity index (χ2v) is 18.7. The summed E-state index contributed by atoms with van der Waals surface area (Å²) in [4.78, 5) is 58.1. The van der Waals surface area contributed by atoms with Crippen LogP contribution in [-0.4, -0.2) is 66.1 Å². The number of carbonyl (C=O) groups is 3. The lowest BCUT2D eigenvalue weighted by molar-refractivity contribution is -0.151. The standard InChI is InChI=1S/C37H42ClN3O6Si/c1-23-35(48(2,3)46)32(19-34(44)40-21-26-8-5-4-7-25(26)17-29(40)22-42)47-37(23)30-18-27(38)12-15-31(30)41(36(37)45)20-24-10-13-28(14-11-24)39-16-6-9-33(39)43/h4-5,7-8,10-15,18,23,29,32,35,42,46H,6,9,16-17,19-22H2,1-3H3/t23-,29+,32+,35-,37+/m1/s1. The maximum atomic E-state index is 14.8. The van der Waals surface area contributed by atoms with Crippen LogP contribution in [0, 0.1) is 5.92 Å². The molecule has 0 unspecified atom stereocenters. The van der Waals surface area contributed by atoms with Crippen molar-refractivity contribution in [1.29, 1.82) is 0 Å². The molecule has 0 bridgehead atoms. The number of benzene rings is 3. The predicted molar refractivity (Wildman–Crippen MR) is 186 cm³/mol. The molecule has 0 aliphatic carbocycles. The van der Waals surface area contributed by atoms with Gasteiger partial charge in [0.1, 0.15) is 0 Å². The molecule has 252 valence electrons. The lowest BCUT2D eigenvalue weighted by Gasteiger charge is -2.37.